The second-order valence-corrected chi connectivity index (χ2v) is 6.93. The second kappa shape index (κ2) is 10.8. The number of aryl methyl sites for hydroxylation is 1. The van der Waals surface area contributed by atoms with Crippen molar-refractivity contribution in [2.24, 2.45) is 0 Å². The molecule has 2 aromatic carbocycles. The van der Waals surface area contributed by atoms with E-state index in [0.717, 1.165) is 11.5 Å². The van der Waals surface area contributed by atoms with Crippen LogP contribution in [0.5, 0.6) is 11.5 Å². The second-order valence-electron chi connectivity index (χ2n) is 5.82. The number of ether oxygens (including phenoxy) is 2. The molecule has 4 nitrogen and oxygen atoms in total. The van der Waals surface area contributed by atoms with Crippen LogP contribution in [0.2, 0.25) is 0 Å². The molecule has 0 saturated heterocycles. The van der Waals surface area contributed by atoms with Gasteiger partial charge in [0, 0.05) is 23.6 Å². The zero-order valence-corrected chi connectivity index (χ0v) is 16.5. The van der Waals surface area contributed by atoms with E-state index in [1.807, 2.05) is 25.6 Å². The molecule has 2 rings (SSSR count). The van der Waals surface area contributed by atoms with Crippen LogP contribution in [0.3, 0.4) is 0 Å². The van der Waals surface area contributed by atoms with Crippen LogP contribution in [-0.2, 0) is 5.75 Å². The largest absolute Gasteiger partial charge is 0.490 e. The van der Waals surface area contributed by atoms with E-state index in [9.17, 15) is 4.79 Å². The van der Waals surface area contributed by atoms with Crippen LogP contribution in [0, 0.1) is 6.92 Å². The van der Waals surface area contributed by atoms with Crippen LogP contribution in [0.15, 0.2) is 42.5 Å². The van der Waals surface area contributed by atoms with E-state index >= 15 is 0 Å². The summed E-state index contributed by atoms with van der Waals surface area (Å²) in [5, 5.41) is 2.96. The van der Waals surface area contributed by atoms with Gasteiger partial charge in [-0.15, -0.1) is 0 Å². The van der Waals surface area contributed by atoms with Crippen molar-refractivity contribution in [3.63, 3.8) is 0 Å². The first-order chi connectivity index (χ1) is 12.6. The zero-order valence-electron chi connectivity index (χ0n) is 15.7. The number of carbonyl (C=O) groups excluding carboxylic acids is 1. The van der Waals surface area contributed by atoms with Gasteiger partial charge in [0.1, 0.15) is 0 Å². The fourth-order valence-electron chi connectivity index (χ4n) is 2.41. The summed E-state index contributed by atoms with van der Waals surface area (Å²) in [6.07, 6.45) is 0. The standard InChI is InChI=1S/C21H27NO3S/c1-4-24-19-11-10-18(14-20(19)25-5-2)21(23)22-12-13-26-15-17-8-6-16(3)7-9-17/h6-11,14H,4-5,12-13,15H2,1-3H3,(H,22,23). The van der Waals surface area contributed by atoms with Gasteiger partial charge < -0.3 is 14.8 Å². The number of amides is 1. The van der Waals surface area contributed by atoms with Crippen LogP contribution < -0.4 is 14.8 Å². The Labute approximate surface area is 160 Å². The predicted octanol–water partition coefficient (Wildman–Crippen LogP) is 4.46. The van der Waals surface area contributed by atoms with Crippen molar-refractivity contribution < 1.29 is 14.3 Å². The highest BCUT2D eigenvalue weighted by Crippen LogP contribution is 2.28. The molecule has 0 aliphatic carbocycles. The zero-order chi connectivity index (χ0) is 18.8. The van der Waals surface area contributed by atoms with Gasteiger partial charge in [-0.1, -0.05) is 29.8 Å². The SMILES string of the molecule is CCOc1ccc(C(=O)NCCSCc2ccc(C)cc2)cc1OCC. The minimum Gasteiger partial charge on any atom is -0.490 e. The molecule has 0 radical (unpaired) electrons. The molecule has 5 heteroatoms. The third kappa shape index (κ3) is 6.30. The molecule has 0 saturated carbocycles. The molecule has 0 aromatic heterocycles. The lowest BCUT2D eigenvalue weighted by atomic mass is 10.2. The summed E-state index contributed by atoms with van der Waals surface area (Å²) in [6.45, 7) is 7.64. The Balaban J connectivity index is 1.79. The first kappa shape index (κ1) is 20.2. The maximum atomic E-state index is 12.3. The number of rotatable bonds is 10. The van der Waals surface area contributed by atoms with Crippen LogP contribution in [0.4, 0.5) is 0 Å². The Kier molecular flexibility index (Phi) is 8.35. The fourth-order valence-corrected chi connectivity index (χ4v) is 3.22. The Morgan fingerprint density at radius 1 is 1.00 bits per heavy atom. The summed E-state index contributed by atoms with van der Waals surface area (Å²) in [6, 6.07) is 13.8. The minimum atomic E-state index is -0.0927. The van der Waals surface area contributed by atoms with Crippen molar-refractivity contribution in [1.29, 1.82) is 0 Å². The number of hydrogen-bond acceptors (Lipinski definition) is 4. The molecule has 0 bridgehead atoms. The van der Waals surface area contributed by atoms with Gasteiger partial charge in [-0.2, -0.15) is 11.8 Å². The Bertz CT molecular complexity index is 701. The lowest BCUT2D eigenvalue weighted by molar-refractivity contribution is 0.0955. The van der Waals surface area contributed by atoms with E-state index in [1.165, 1.54) is 11.1 Å². The Morgan fingerprint density at radius 3 is 2.38 bits per heavy atom. The predicted molar refractivity (Wildman–Crippen MR) is 108 cm³/mol. The number of carbonyl (C=O) groups is 1. The van der Waals surface area contributed by atoms with Crippen molar-refractivity contribution in [3.8, 4) is 11.5 Å². The molecule has 0 atom stereocenters. The highest BCUT2D eigenvalue weighted by molar-refractivity contribution is 7.98. The van der Waals surface area contributed by atoms with Crippen LogP contribution in [0.1, 0.15) is 35.3 Å². The molecule has 0 spiro atoms. The molecule has 0 fully saturated rings. The van der Waals surface area contributed by atoms with E-state index in [-0.39, 0.29) is 5.91 Å². The molecule has 1 N–H and O–H groups in total. The summed E-state index contributed by atoms with van der Waals surface area (Å²) in [5.41, 5.74) is 3.16. The van der Waals surface area contributed by atoms with Gasteiger partial charge in [0.15, 0.2) is 11.5 Å². The van der Waals surface area contributed by atoms with Gasteiger partial charge in [-0.05, 0) is 44.5 Å². The molecule has 2 aromatic rings. The number of hydrogen-bond donors (Lipinski definition) is 1. The van der Waals surface area contributed by atoms with E-state index < -0.39 is 0 Å². The van der Waals surface area contributed by atoms with Crippen molar-refractivity contribution in [2.45, 2.75) is 26.5 Å². The first-order valence-corrected chi connectivity index (χ1v) is 10.1. The third-order valence-corrected chi connectivity index (χ3v) is 4.76. The molecule has 0 aliphatic heterocycles. The number of thioether (sulfide) groups is 1. The van der Waals surface area contributed by atoms with Gasteiger partial charge in [0.05, 0.1) is 13.2 Å². The third-order valence-electron chi connectivity index (χ3n) is 3.73. The molecular weight excluding hydrogens is 346 g/mol. The van der Waals surface area contributed by atoms with E-state index in [1.54, 1.807) is 18.2 Å². The maximum absolute atomic E-state index is 12.3. The summed E-state index contributed by atoms with van der Waals surface area (Å²) >= 11 is 1.81. The topological polar surface area (TPSA) is 47.6 Å². The average Bonchev–Trinajstić information content (AvgIpc) is 2.64. The maximum Gasteiger partial charge on any atom is 0.251 e. The van der Waals surface area contributed by atoms with E-state index in [4.69, 9.17) is 9.47 Å². The highest BCUT2D eigenvalue weighted by Gasteiger charge is 2.11. The van der Waals surface area contributed by atoms with E-state index in [2.05, 4.69) is 36.5 Å². The molecule has 140 valence electrons. The fraction of sp³-hybridized carbons (Fsp3) is 0.381. The van der Waals surface area contributed by atoms with Gasteiger partial charge >= 0.3 is 0 Å². The van der Waals surface area contributed by atoms with Gasteiger partial charge in [-0.3, -0.25) is 4.79 Å². The van der Waals surface area contributed by atoms with Gasteiger partial charge in [0.25, 0.3) is 5.91 Å². The summed E-state index contributed by atoms with van der Waals surface area (Å²) in [4.78, 5) is 12.3. The quantitative estimate of drug-likeness (QED) is 0.625. The highest BCUT2D eigenvalue weighted by atomic mass is 32.2. The average molecular weight is 374 g/mol. The smallest absolute Gasteiger partial charge is 0.251 e. The summed E-state index contributed by atoms with van der Waals surface area (Å²) in [7, 11) is 0. The molecular formula is C21H27NO3S. The van der Waals surface area contributed by atoms with Gasteiger partial charge in [0.2, 0.25) is 0 Å². The monoisotopic (exact) mass is 373 g/mol. The number of benzene rings is 2. The molecule has 1 amide bonds. The van der Waals surface area contributed by atoms with Crippen molar-refractivity contribution >= 4 is 17.7 Å². The lowest BCUT2D eigenvalue weighted by Crippen LogP contribution is -2.25. The Morgan fingerprint density at radius 2 is 1.69 bits per heavy atom. The van der Waals surface area contributed by atoms with Crippen LogP contribution in [-0.4, -0.2) is 31.4 Å². The molecule has 0 aliphatic rings. The van der Waals surface area contributed by atoms with Crippen molar-refractivity contribution in [2.75, 3.05) is 25.5 Å². The first-order valence-electron chi connectivity index (χ1n) is 8.95. The molecule has 26 heavy (non-hydrogen) atoms. The van der Waals surface area contributed by atoms with Crippen LogP contribution >= 0.6 is 11.8 Å². The van der Waals surface area contributed by atoms with Crippen molar-refractivity contribution in [3.05, 3.63) is 59.2 Å². The molecule has 0 heterocycles. The van der Waals surface area contributed by atoms with Crippen molar-refractivity contribution in [1.82, 2.24) is 5.32 Å². The Hall–Kier alpha value is -2.14. The number of nitrogens with one attached hydrogen (secondary N) is 1. The van der Waals surface area contributed by atoms with Crippen LogP contribution in [0.25, 0.3) is 0 Å². The minimum absolute atomic E-state index is 0.0927. The van der Waals surface area contributed by atoms with E-state index in [0.29, 0.717) is 36.8 Å². The summed E-state index contributed by atoms with van der Waals surface area (Å²) in [5.74, 6) is 3.00. The molecule has 0 unspecified atom stereocenters. The van der Waals surface area contributed by atoms with Gasteiger partial charge in [-0.25, -0.2) is 0 Å². The normalized spacial score (nSPS) is 10.4. The lowest BCUT2D eigenvalue weighted by Gasteiger charge is -2.12. The summed E-state index contributed by atoms with van der Waals surface area (Å²) < 4.78 is 11.1.